The lowest BCUT2D eigenvalue weighted by Crippen LogP contribution is -2.20. The van der Waals surface area contributed by atoms with E-state index in [9.17, 15) is 4.79 Å². The van der Waals surface area contributed by atoms with Crippen molar-refractivity contribution in [1.29, 1.82) is 0 Å². The first-order chi connectivity index (χ1) is 18.0. The molecule has 2 aromatic heterocycles. The van der Waals surface area contributed by atoms with Crippen LogP contribution >= 0.6 is 0 Å². The average molecular weight is 511 g/mol. The zero-order valence-electron chi connectivity index (χ0n) is 22.7. The average Bonchev–Trinajstić information content (AvgIpc) is 2.86. The summed E-state index contributed by atoms with van der Waals surface area (Å²) >= 11 is 0. The number of anilines is 2. The van der Waals surface area contributed by atoms with Crippen molar-refractivity contribution >= 4 is 17.4 Å². The number of carbonyl (C=O) groups excluding carboxylic acids is 1. The number of aromatic nitrogens is 2. The normalized spacial score (nSPS) is 11.5. The molecule has 0 unspecified atom stereocenters. The van der Waals surface area contributed by atoms with Crippen molar-refractivity contribution in [3.8, 4) is 23.3 Å². The Bertz CT molecular complexity index is 1400. The summed E-state index contributed by atoms with van der Waals surface area (Å²) in [5, 5.41) is 5.61. The number of hydrogen-bond donors (Lipinski definition) is 2. The van der Waals surface area contributed by atoms with Gasteiger partial charge in [-0.25, -0.2) is 14.8 Å². The van der Waals surface area contributed by atoms with Gasteiger partial charge in [-0.05, 0) is 41.2 Å². The Balaban J connectivity index is 1.43. The van der Waals surface area contributed by atoms with Crippen LogP contribution in [0.1, 0.15) is 52.7 Å². The highest BCUT2D eigenvalue weighted by Crippen LogP contribution is 2.36. The molecule has 0 saturated carbocycles. The molecule has 7 nitrogen and oxygen atoms in total. The maximum Gasteiger partial charge on any atom is 0.323 e. The number of ether oxygens (including phenoxy) is 2. The van der Waals surface area contributed by atoms with Crippen LogP contribution in [0.5, 0.6) is 23.3 Å². The van der Waals surface area contributed by atoms with Crippen LogP contribution in [0.25, 0.3) is 0 Å². The summed E-state index contributed by atoms with van der Waals surface area (Å²) in [4.78, 5) is 21.5. The van der Waals surface area contributed by atoms with E-state index in [1.165, 1.54) is 0 Å². The van der Waals surface area contributed by atoms with Gasteiger partial charge in [-0.1, -0.05) is 77.9 Å². The Labute approximate surface area is 224 Å². The molecule has 0 atom stereocenters. The number of amides is 2. The third-order valence-corrected chi connectivity index (χ3v) is 5.82. The fourth-order valence-electron chi connectivity index (χ4n) is 3.93. The van der Waals surface area contributed by atoms with Gasteiger partial charge in [-0.15, -0.1) is 0 Å². The molecule has 0 aliphatic carbocycles. The summed E-state index contributed by atoms with van der Waals surface area (Å²) in [7, 11) is 0. The molecular weight excluding hydrogens is 476 g/mol. The predicted octanol–water partition coefficient (Wildman–Crippen LogP) is 8.30. The summed E-state index contributed by atoms with van der Waals surface area (Å²) in [5.74, 6) is 2.19. The van der Waals surface area contributed by atoms with Crippen molar-refractivity contribution in [3.05, 3.63) is 96.3 Å². The molecular formula is C31H34N4O3. The zero-order valence-corrected chi connectivity index (χ0v) is 22.7. The number of urea groups is 1. The second-order valence-corrected chi connectivity index (χ2v) is 11.0. The van der Waals surface area contributed by atoms with Crippen molar-refractivity contribution in [3.63, 3.8) is 0 Å². The van der Waals surface area contributed by atoms with Crippen molar-refractivity contribution in [2.45, 2.75) is 52.4 Å². The van der Waals surface area contributed by atoms with Gasteiger partial charge in [0.1, 0.15) is 17.2 Å². The van der Waals surface area contributed by atoms with Crippen LogP contribution in [0.3, 0.4) is 0 Å². The minimum atomic E-state index is -0.444. The van der Waals surface area contributed by atoms with Gasteiger partial charge in [0.15, 0.2) is 0 Å². The molecule has 0 aliphatic rings. The van der Waals surface area contributed by atoms with E-state index in [2.05, 4.69) is 62.1 Å². The number of benzene rings is 2. The molecule has 0 aliphatic heterocycles. The van der Waals surface area contributed by atoms with E-state index in [0.29, 0.717) is 28.9 Å². The summed E-state index contributed by atoms with van der Waals surface area (Å²) < 4.78 is 12.2. The van der Waals surface area contributed by atoms with Crippen molar-refractivity contribution in [2.24, 2.45) is 0 Å². The second kappa shape index (κ2) is 10.9. The van der Waals surface area contributed by atoms with Gasteiger partial charge < -0.3 is 20.1 Å². The third-order valence-electron chi connectivity index (χ3n) is 5.82. The topological polar surface area (TPSA) is 85.4 Å². The quantitative estimate of drug-likeness (QED) is 0.272. The summed E-state index contributed by atoms with van der Waals surface area (Å²) in [6.45, 7) is 12.8. The Morgan fingerprint density at radius 3 is 1.87 bits per heavy atom. The van der Waals surface area contributed by atoms with E-state index in [1.54, 1.807) is 36.7 Å². The van der Waals surface area contributed by atoms with Crippen LogP contribution in [0.4, 0.5) is 16.2 Å². The number of nitrogens with one attached hydrogen (secondary N) is 2. The van der Waals surface area contributed by atoms with Crippen molar-refractivity contribution in [2.75, 3.05) is 10.6 Å². The Morgan fingerprint density at radius 1 is 0.684 bits per heavy atom. The summed E-state index contributed by atoms with van der Waals surface area (Å²) in [5.41, 5.74) is 2.90. The standard InChI is InChI=1S/C31H34N4O3/c1-30(2,3)22-12-7-9-15-25(22)37-27-18-17-21(20-33-27)34-29(36)35-24-14-11-19-32-28(24)38-26-16-10-8-13-23(26)31(4,5)6/h7-20H,1-6H3,(H2,34,35,36). The first kappa shape index (κ1) is 26.7. The molecule has 4 aromatic rings. The van der Waals surface area contributed by atoms with Gasteiger partial charge in [0.25, 0.3) is 0 Å². The highest BCUT2D eigenvalue weighted by atomic mass is 16.5. The summed E-state index contributed by atoms with van der Waals surface area (Å²) in [6, 6.07) is 22.2. The van der Waals surface area contributed by atoms with Gasteiger partial charge in [0.2, 0.25) is 11.8 Å². The van der Waals surface area contributed by atoms with Crippen LogP contribution in [0.15, 0.2) is 85.2 Å². The van der Waals surface area contributed by atoms with Gasteiger partial charge >= 0.3 is 6.03 Å². The minimum Gasteiger partial charge on any atom is -0.439 e. The number of rotatable bonds is 6. The molecule has 2 aromatic carbocycles. The molecule has 0 saturated heterocycles. The van der Waals surface area contributed by atoms with Gasteiger partial charge in [0.05, 0.1) is 11.9 Å². The van der Waals surface area contributed by atoms with Crippen molar-refractivity contribution in [1.82, 2.24) is 9.97 Å². The highest BCUT2D eigenvalue weighted by molar-refractivity contribution is 6.00. The van der Waals surface area contributed by atoms with Crippen LogP contribution in [0.2, 0.25) is 0 Å². The Kier molecular flexibility index (Phi) is 7.67. The third kappa shape index (κ3) is 6.68. The monoisotopic (exact) mass is 510 g/mol. The molecule has 4 rings (SSSR count). The van der Waals surface area contributed by atoms with Gasteiger partial charge in [-0.3, -0.25) is 0 Å². The number of pyridine rings is 2. The minimum absolute atomic E-state index is 0.0696. The molecule has 0 spiro atoms. The number of hydrogen-bond acceptors (Lipinski definition) is 5. The SMILES string of the molecule is CC(C)(C)c1ccccc1Oc1ccc(NC(=O)Nc2cccnc2Oc2ccccc2C(C)(C)C)cn1. The van der Waals surface area contributed by atoms with Crippen LogP contribution < -0.4 is 20.1 Å². The van der Waals surface area contributed by atoms with E-state index in [-0.39, 0.29) is 10.8 Å². The lowest BCUT2D eigenvalue weighted by Gasteiger charge is -2.22. The smallest absolute Gasteiger partial charge is 0.323 e. The number of para-hydroxylation sites is 2. The molecule has 0 radical (unpaired) electrons. The first-order valence-electron chi connectivity index (χ1n) is 12.5. The molecule has 7 heteroatoms. The molecule has 2 N–H and O–H groups in total. The number of nitrogens with zero attached hydrogens (tertiary/aromatic N) is 2. The van der Waals surface area contributed by atoms with E-state index in [1.807, 2.05) is 48.5 Å². The Morgan fingerprint density at radius 2 is 1.29 bits per heavy atom. The molecule has 196 valence electrons. The van der Waals surface area contributed by atoms with Gasteiger partial charge in [-0.2, -0.15) is 0 Å². The molecule has 2 amide bonds. The van der Waals surface area contributed by atoms with Gasteiger partial charge in [0, 0.05) is 23.4 Å². The lowest BCUT2D eigenvalue weighted by molar-refractivity contribution is 0.262. The number of carbonyl (C=O) groups is 1. The lowest BCUT2D eigenvalue weighted by atomic mass is 9.86. The largest absolute Gasteiger partial charge is 0.439 e. The molecule has 38 heavy (non-hydrogen) atoms. The predicted molar refractivity (Wildman–Crippen MR) is 152 cm³/mol. The maximum absolute atomic E-state index is 12.8. The molecule has 2 heterocycles. The fraction of sp³-hybridized carbons (Fsp3) is 0.258. The van der Waals surface area contributed by atoms with Crippen LogP contribution in [0, 0.1) is 0 Å². The second-order valence-electron chi connectivity index (χ2n) is 11.0. The fourth-order valence-corrected chi connectivity index (χ4v) is 3.93. The van der Waals surface area contributed by atoms with E-state index in [0.717, 1.165) is 16.9 Å². The van der Waals surface area contributed by atoms with Crippen molar-refractivity contribution < 1.29 is 14.3 Å². The van der Waals surface area contributed by atoms with E-state index >= 15 is 0 Å². The molecule has 0 fully saturated rings. The highest BCUT2D eigenvalue weighted by Gasteiger charge is 2.21. The maximum atomic E-state index is 12.8. The summed E-state index contributed by atoms with van der Waals surface area (Å²) in [6.07, 6.45) is 3.17. The van der Waals surface area contributed by atoms with Crippen LogP contribution in [-0.2, 0) is 10.8 Å². The zero-order chi connectivity index (χ0) is 27.3. The molecule has 0 bridgehead atoms. The van der Waals surface area contributed by atoms with Crippen LogP contribution in [-0.4, -0.2) is 16.0 Å². The van der Waals surface area contributed by atoms with E-state index in [4.69, 9.17) is 9.47 Å². The first-order valence-corrected chi connectivity index (χ1v) is 12.5. The van der Waals surface area contributed by atoms with E-state index < -0.39 is 6.03 Å². The Hall–Kier alpha value is -4.39.